The second-order valence-corrected chi connectivity index (χ2v) is 20.7. The summed E-state index contributed by atoms with van der Waals surface area (Å²) in [5.74, 6) is -8.73. The number of Topliss-reactive ketones (excluding diaryl/α,β-unsaturated/α-hetero) is 3. The van der Waals surface area contributed by atoms with Gasteiger partial charge >= 0.3 is 5.97 Å². The molecule has 1 amide bonds. The lowest BCUT2D eigenvalue weighted by molar-refractivity contribution is -0.265. The van der Waals surface area contributed by atoms with E-state index in [1.165, 1.54) is 12.0 Å². The van der Waals surface area contributed by atoms with Gasteiger partial charge in [-0.3, -0.25) is 19.2 Å². The SMILES string of the molecule is CO[C@H]1C(=O)[C@@H](C)C[C@H](C)C=CC=CC=C(C)[C@@H](CO)C[C@@H]2CC[C@@H](C)[C@@](O)(O2)C(=O)C(=O)N2CCCC[C@H]2C(=O)O[C@H]([C@H](C)C[C@@H]2CC[C@H](n3cnnn3)[C@H](CO)C2)CC(=O)[C@H](C)C=C(C)[C@H]1O. The fourth-order valence-corrected chi connectivity index (χ4v) is 10.9. The molecular formula is C52H79N5O12. The Bertz CT molecular complexity index is 2020. The molecule has 3 aliphatic heterocycles. The van der Waals surface area contributed by atoms with E-state index < -0.39 is 71.7 Å². The Kier molecular flexibility index (Phi) is 20.8. The van der Waals surface area contributed by atoms with Gasteiger partial charge in [0.05, 0.1) is 12.1 Å². The predicted octanol–water partition coefficient (Wildman–Crippen LogP) is 5.23. The fraction of sp³-hybridized carbons (Fsp3) is 0.731. The van der Waals surface area contributed by atoms with Crippen molar-refractivity contribution in [3.8, 4) is 0 Å². The maximum atomic E-state index is 14.5. The normalized spacial score (nSPS) is 36.3. The number of aliphatic hydroxyl groups excluding tert-OH is 3. The summed E-state index contributed by atoms with van der Waals surface area (Å²) in [5.41, 5.74) is 1.22. The summed E-state index contributed by atoms with van der Waals surface area (Å²) in [4.78, 5) is 72.2. The summed E-state index contributed by atoms with van der Waals surface area (Å²) in [7, 11) is 1.37. The molecular weight excluding hydrogens is 887 g/mol. The molecule has 384 valence electrons. The number of piperidine rings is 1. The van der Waals surface area contributed by atoms with Gasteiger partial charge in [-0.05, 0) is 118 Å². The number of carbonyl (C=O) groups excluding carboxylic acids is 5. The Morgan fingerprint density at radius 1 is 0.913 bits per heavy atom. The summed E-state index contributed by atoms with van der Waals surface area (Å²) in [5, 5.41) is 55.9. The number of carbonyl (C=O) groups is 5. The first-order valence-electron chi connectivity index (χ1n) is 25.2. The van der Waals surface area contributed by atoms with Gasteiger partial charge in [0.2, 0.25) is 5.79 Å². The van der Waals surface area contributed by atoms with Crippen molar-refractivity contribution < 1.29 is 58.6 Å². The van der Waals surface area contributed by atoms with Crippen LogP contribution in [0.1, 0.15) is 132 Å². The van der Waals surface area contributed by atoms with Crippen LogP contribution in [0.2, 0.25) is 0 Å². The molecule has 17 heteroatoms. The summed E-state index contributed by atoms with van der Waals surface area (Å²) in [6.45, 7) is 12.3. The van der Waals surface area contributed by atoms with Crippen LogP contribution in [0.25, 0.3) is 0 Å². The van der Waals surface area contributed by atoms with Crippen molar-refractivity contribution in [2.45, 2.75) is 168 Å². The first-order chi connectivity index (χ1) is 32.8. The van der Waals surface area contributed by atoms with Crippen LogP contribution in [0.5, 0.6) is 0 Å². The van der Waals surface area contributed by atoms with E-state index in [4.69, 9.17) is 14.2 Å². The van der Waals surface area contributed by atoms with E-state index in [1.54, 1.807) is 44.8 Å². The molecule has 1 aromatic rings. The van der Waals surface area contributed by atoms with E-state index in [2.05, 4.69) is 15.5 Å². The van der Waals surface area contributed by atoms with Crippen molar-refractivity contribution >= 4 is 29.2 Å². The molecule has 0 radical (unpaired) electrons. The molecule has 4 heterocycles. The molecule has 1 aliphatic carbocycles. The van der Waals surface area contributed by atoms with Crippen LogP contribution < -0.4 is 0 Å². The number of aromatic nitrogens is 4. The monoisotopic (exact) mass is 966 g/mol. The number of aliphatic hydroxyl groups is 4. The molecule has 4 aliphatic rings. The molecule has 2 bridgehead atoms. The summed E-state index contributed by atoms with van der Waals surface area (Å²) < 4.78 is 19.7. The minimum Gasteiger partial charge on any atom is -0.460 e. The Labute approximate surface area is 407 Å². The van der Waals surface area contributed by atoms with Crippen LogP contribution >= 0.6 is 0 Å². The number of cyclic esters (lactones) is 1. The second-order valence-electron chi connectivity index (χ2n) is 20.7. The zero-order valence-electron chi connectivity index (χ0n) is 42.0. The van der Waals surface area contributed by atoms with Crippen molar-refractivity contribution in [3.05, 3.63) is 53.9 Å². The highest BCUT2D eigenvalue weighted by Gasteiger charge is 2.53. The smallest absolute Gasteiger partial charge is 0.329 e. The van der Waals surface area contributed by atoms with Crippen LogP contribution in [-0.4, -0.2) is 138 Å². The zero-order valence-corrected chi connectivity index (χ0v) is 42.0. The fourth-order valence-electron chi connectivity index (χ4n) is 10.9. The number of esters is 1. The van der Waals surface area contributed by atoms with Gasteiger partial charge in [-0.1, -0.05) is 76.6 Å². The van der Waals surface area contributed by atoms with Crippen LogP contribution in [0.3, 0.4) is 0 Å². The molecule has 15 atom stereocenters. The minimum absolute atomic E-state index is 0.00322. The lowest BCUT2D eigenvalue weighted by atomic mass is 9.74. The summed E-state index contributed by atoms with van der Waals surface area (Å²) >= 11 is 0. The minimum atomic E-state index is -2.47. The Morgan fingerprint density at radius 2 is 1.67 bits per heavy atom. The highest BCUT2D eigenvalue weighted by Crippen LogP contribution is 2.41. The van der Waals surface area contributed by atoms with Crippen molar-refractivity contribution in [3.63, 3.8) is 0 Å². The molecule has 0 unspecified atom stereocenters. The Hall–Kier alpha value is -4.26. The van der Waals surface area contributed by atoms with Crippen LogP contribution in [0.15, 0.2) is 53.9 Å². The van der Waals surface area contributed by atoms with E-state index in [9.17, 15) is 44.4 Å². The number of allylic oxidation sites excluding steroid dienone is 6. The van der Waals surface area contributed by atoms with Gasteiger partial charge in [0.15, 0.2) is 5.78 Å². The van der Waals surface area contributed by atoms with Crippen molar-refractivity contribution in [2.75, 3.05) is 26.9 Å². The molecule has 1 aromatic heterocycles. The molecule has 69 heavy (non-hydrogen) atoms. The number of hydrogen-bond donors (Lipinski definition) is 4. The number of ketones is 3. The van der Waals surface area contributed by atoms with Gasteiger partial charge in [0, 0.05) is 62.9 Å². The topological polar surface area (TPSA) is 241 Å². The number of hydrogen-bond acceptors (Lipinski definition) is 15. The summed E-state index contributed by atoms with van der Waals surface area (Å²) in [6, 6.07) is -1.25. The van der Waals surface area contributed by atoms with Crippen molar-refractivity contribution in [1.29, 1.82) is 0 Å². The van der Waals surface area contributed by atoms with E-state index >= 15 is 0 Å². The Morgan fingerprint density at radius 3 is 2.35 bits per heavy atom. The van der Waals surface area contributed by atoms with E-state index in [0.717, 1.165) is 12.0 Å². The zero-order chi connectivity index (χ0) is 50.6. The predicted molar refractivity (Wildman–Crippen MR) is 256 cm³/mol. The lowest BCUT2D eigenvalue weighted by Gasteiger charge is -2.43. The average Bonchev–Trinajstić information content (AvgIpc) is 3.88. The second kappa shape index (κ2) is 25.7. The standard InChI is InChI=1S/C52H79N5O12/c1-31-14-10-9-11-15-32(2)39(28-58)26-41-19-17-37(7)52(66,69-41)49(63)50(64)56-21-13-12-16-43(56)51(65)68-45(34(4)24-38-18-20-42(40(25-38)29-59)57-30-53-54-55-57)27-44(60)33(3)23-36(6)47(62)48(67-8)46(61)35(5)22-31/h9-11,14-15,23,30-31,33-35,37-43,45,47-48,58-59,62,66H,12-13,16-22,24-29H2,1-8H3/t31-,33-,34-,35+,37-,38+,39-,40+,41+,42+,43+,45+,47-,48+,52-/m1/s1. The largest absolute Gasteiger partial charge is 0.460 e. The van der Waals surface area contributed by atoms with Crippen molar-refractivity contribution in [2.24, 2.45) is 47.3 Å². The van der Waals surface area contributed by atoms with Crippen molar-refractivity contribution in [1.82, 2.24) is 25.1 Å². The molecule has 0 aromatic carbocycles. The first-order valence-corrected chi connectivity index (χ1v) is 25.2. The van der Waals surface area contributed by atoms with E-state index in [0.29, 0.717) is 56.9 Å². The van der Waals surface area contributed by atoms with Gasteiger partial charge in [0.25, 0.3) is 11.7 Å². The molecule has 4 N–H and O–H groups in total. The number of nitrogens with zero attached hydrogens (tertiary/aromatic N) is 5. The first kappa shape index (κ1) is 55.7. The molecule has 5 rings (SSSR count). The van der Waals surface area contributed by atoms with Gasteiger partial charge < -0.3 is 39.5 Å². The quantitative estimate of drug-likeness (QED) is 0.155. The summed E-state index contributed by atoms with van der Waals surface area (Å²) in [6.07, 6.45) is 13.9. The van der Waals surface area contributed by atoms with E-state index in [1.807, 2.05) is 51.2 Å². The highest BCUT2D eigenvalue weighted by atomic mass is 16.6. The van der Waals surface area contributed by atoms with Crippen LogP contribution in [-0.2, 0) is 38.2 Å². The van der Waals surface area contributed by atoms with Crippen LogP contribution in [0.4, 0.5) is 0 Å². The maximum absolute atomic E-state index is 14.5. The Balaban J connectivity index is 1.46. The number of amides is 1. The number of methoxy groups -OCH3 is 1. The number of tetrazole rings is 1. The molecule has 0 spiro atoms. The van der Waals surface area contributed by atoms with Crippen LogP contribution in [0, 0.1) is 47.3 Å². The number of rotatable bonds is 7. The third kappa shape index (κ3) is 14.2. The maximum Gasteiger partial charge on any atom is 0.329 e. The van der Waals surface area contributed by atoms with Gasteiger partial charge in [0.1, 0.15) is 36.5 Å². The average molecular weight is 966 g/mol. The third-order valence-corrected chi connectivity index (χ3v) is 15.4. The molecule has 17 nitrogen and oxygen atoms in total. The van der Waals surface area contributed by atoms with Gasteiger partial charge in [-0.15, -0.1) is 5.10 Å². The molecule has 3 fully saturated rings. The van der Waals surface area contributed by atoms with Gasteiger partial charge in [-0.2, -0.15) is 0 Å². The number of ether oxygens (including phenoxy) is 3. The van der Waals surface area contributed by atoms with Gasteiger partial charge in [-0.25, -0.2) is 9.48 Å². The number of fused-ring (bicyclic) bond motifs is 3. The van der Waals surface area contributed by atoms with E-state index in [-0.39, 0.29) is 86.2 Å². The lowest BCUT2D eigenvalue weighted by Crippen LogP contribution is -2.60. The highest BCUT2D eigenvalue weighted by molar-refractivity contribution is 6.39. The molecule has 2 saturated heterocycles. The molecule has 1 saturated carbocycles. The third-order valence-electron chi connectivity index (χ3n) is 15.4.